The molecule has 0 amide bonds. The first-order chi connectivity index (χ1) is 9.51. The number of hydrogen-bond acceptors (Lipinski definition) is 6. The second kappa shape index (κ2) is 5.55. The fraction of sp³-hybridized carbons (Fsp3) is 0.333. The van der Waals surface area contributed by atoms with Gasteiger partial charge in [-0.15, -0.1) is 0 Å². The van der Waals surface area contributed by atoms with Crippen molar-refractivity contribution in [3.8, 4) is 5.75 Å². The third-order valence-corrected chi connectivity index (χ3v) is 2.76. The lowest BCUT2D eigenvalue weighted by molar-refractivity contribution is -0.385. The van der Waals surface area contributed by atoms with Crippen molar-refractivity contribution in [1.29, 1.82) is 0 Å². The molecule has 1 heterocycles. The molecule has 106 valence electrons. The largest absolute Gasteiger partial charge is 0.490 e. The molecule has 1 aromatic heterocycles. The van der Waals surface area contributed by atoms with Crippen LogP contribution in [0.25, 0.3) is 0 Å². The molecular weight excluding hydrogens is 262 g/mol. The zero-order valence-electron chi connectivity index (χ0n) is 11.5. The van der Waals surface area contributed by atoms with Crippen molar-refractivity contribution in [2.75, 3.05) is 12.4 Å². The Labute approximate surface area is 115 Å². The van der Waals surface area contributed by atoms with Crippen molar-refractivity contribution in [2.24, 2.45) is 7.05 Å². The maximum atomic E-state index is 10.9. The average Bonchev–Trinajstić information content (AvgIpc) is 2.74. The second-order valence-corrected chi connectivity index (χ2v) is 4.22. The molecule has 0 aliphatic rings. The molecule has 8 heteroatoms. The summed E-state index contributed by atoms with van der Waals surface area (Å²) in [5, 5.41) is 18.1. The third-order valence-electron chi connectivity index (χ3n) is 2.76. The Kier molecular flexibility index (Phi) is 3.83. The van der Waals surface area contributed by atoms with Crippen LogP contribution in [0.3, 0.4) is 0 Å². The van der Waals surface area contributed by atoms with E-state index in [1.807, 2.05) is 0 Å². The zero-order chi connectivity index (χ0) is 14.7. The highest BCUT2D eigenvalue weighted by Gasteiger charge is 2.15. The molecule has 0 aliphatic heterocycles. The minimum Gasteiger partial charge on any atom is -0.490 e. The minimum absolute atomic E-state index is 0.0547. The van der Waals surface area contributed by atoms with E-state index in [-0.39, 0.29) is 11.4 Å². The molecule has 1 aromatic carbocycles. The number of aryl methyl sites for hydroxylation is 2. The fourth-order valence-electron chi connectivity index (χ4n) is 1.84. The molecule has 2 rings (SSSR count). The summed E-state index contributed by atoms with van der Waals surface area (Å²) in [6, 6.07) is 4.83. The van der Waals surface area contributed by atoms with Crippen molar-refractivity contribution < 1.29 is 9.66 Å². The van der Waals surface area contributed by atoms with Crippen molar-refractivity contribution in [3.63, 3.8) is 0 Å². The van der Waals surface area contributed by atoms with Gasteiger partial charge in [-0.2, -0.15) is 10.1 Å². The number of anilines is 1. The van der Waals surface area contributed by atoms with Crippen LogP contribution < -0.4 is 10.1 Å². The van der Waals surface area contributed by atoms with E-state index in [0.29, 0.717) is 18.3 Å². The zero-order valence-corrected chi connectivity index (χ0v) is 11.5. The van der Waals surface area contributed by atoms with Crippen LogP contribution in [0.2, 0.25) is 0 Å². The standard InChI is InChI=1S/C12H15N5O3/c1-8-14-12(16(2)15-8)13-7-9-4-5-11(20-3)10(6-9)17(18)19/h4-6H,7H2,1-3H3,(H,13,14,15). The highest BCUT2D eigenvalue weighted by molar-refractivity contribution is 5.49. The number of nitrogens with zero attached hydrogens (tertiary/aromatic N) is 4. The van der Waals surface area contributed by atoms with Crippen LogP contribution in [0.15, 0.2) is 18.2 Å². The van der Waals surface area contributed by atoms with Crippen molar-refractivity contribution in [2.45, 2.75) is 13.5 Å². The molecule has 0 radical (unpaired) electrons. The molecule has 8 nitrogen and oxygen atoms in total. The average molecular weight is 277 g/mol. The van der Waals surface area contributed by atoms with Crippen LogP contribution in [0, 0.1) is 17.0 Å². The highest BCUT2D eigenvalue weighted by Crippen LogP contribution is 2.27. The normalized spacial score (nSPS) is 10.3. The molecule has 0 saturated carbocycles. The van der Waals surface area contributed by atoms with Gasteiger partial charge in [-0.3, -0.25) is 10.1 Å². The maximum Gasteiger partial charge on any atom is 0.311 e. The molecular formula is C12H15N5O3. The molecule has 0 saturated heterocycles. The number of methoxy groups -OCH3 is 1. The topological polar surface area (TPSA) is 95.1 Å². The monoisotopic (exact) mass is 277 g/mol. The van der Waals surface area contributed by atoms with Crippen LogP contribution in [0.5, 0.6) is 5.75 Å². The molecule has 0 fully saturated rings. The van der Waals surface area contributed by atoms with Gasteiger partial charge >= 0.3 is 5.69 Å². The van der Waals surface area contributed by atoms with E-state index in [2.05, 4.69) is 15.4 Å². The van der Waals surface area contributed by atoms with Crippen LogP contribution in [0.4, 0.5) is 11.6 Å². The molecule has 0 unspecified atom stereocenters. The van der Waals surface area contributed by atoms with E-state index >= 15 is 0 Å². The maximum absolute atomic E-state index is 10.9. The lowest BCUT2D eigenvalue weighted by Crippen LogP contribution is -2.06. The summed E-state index contributed by atoms with van der Waals surface area (Å²) in [5.41, 5.74) is 0.707. The number of aromatic nitrogens is 3. The third kappa shape index (κ3) is 2.85. The summed E-state index contributed by atoms with van der Waals surface area (Å²) in [5.74, 6) is 1.52. The Morgan fingerprint density at radius 2 is 2.25 bits per heavy atom. The molecule has 0 spiro atoms. The van der Waals surface area contributed by atoms with E-state index in [9.17, 15) is 10.1 Å². The lowest BCUT2D eigenvalue weighted by Gasteiger charge is -2.07. The molecule has 2 aromatic rings. The van der Waals surface area contributed by atoms with Gasteiger partial charge in [-0.25, -0.2) is 4.68 Å². The van der Waals surface area contributed by atoms with Gasteiger partial charge in [0.1, 0.15) is 5.82 Å². The minimum atomic E-state index is -0.463. The lowest BCUT2D eigenvalue weighted by atomic mass is 10.2. The van der Waals surface area contributed by atoms with Crippen molar-refractivity contribution in [3.05, 3.63) is 39.7 Å². The van der Waals surface area contributed by atoms with Crippen LogP contribution in [-0.2, 0) is 13.6 Å². The summed E-state index contributed by atoms with van der Waals surface area (Å²) in [7, 11) is 3.18. The highest BCUT2D eigenvalue weighted by atomic mass is 16.6. The summed E-state index contributed by atoms with van der Waals surface area (Å²) in [4.78, 5) is 14.7. The van der Waals surface area contributed by atoms with Gasteiger partial charge in [0, 0.05) is 19.7 Å². The molecule has 0 aliphatic carbocycles. The molecule has 0 bridgehead atoms. The number of nitro benzene ring substituents is 1. The van der Waals surface area contributed by atoms with E-state index < -0.39 is 4.92 Å². The van der Waals surface area contributed by atoms with E-state index in [1.165, 1.54) is 13.2 Å². The second-order valence-electron chi connectivity index (χ2n) is 4.22. The van der Waals surface area contributed by atoms with Crippen LogP contribution in [0.1, 0.15) is 11.4 Å². The first kappa shape index (κ1) is 13.8. The summed E-state index contributed by atoms with van der Waals surface area (Å²) < 4.78 is 6.58. The van der Waals surface area contributed by atoms with Crippen LogP contribution >= 0.6 is 0 Å². The summed E-state index contributed by atoms with van der Waals surface area (Å²) >= 11 is 0. The van der Waals surface area contributed by atoms with Gasteiger partial charge in [0.15, 0.2) is 5.75 Å². The Morgan fingerprint density at radius 1 is 1.50 bits per heavy atom. The Morgan fingerprint density at radius 3 is 2.80 bits per heavy atom. The number of nitro groups is 1. The Balaban J connectivity index is 2.16. The predicted molar refractivity (Wildman–Crippen MR) is 72.7 cm³/mol. The predicted octanol–water partition coefficient (Wildman–Crippen LogP) is 1.65. The number of nitrogens with one attached hydrogen (secondary N) is 1. The van der Waals surface area contributed by atoms with E-state index in [1.54, 1.807) is 30.8 Å². The number of rotatable bonds is 5. The number of hydrogen-bond donors (Lipinski definition) is 1. The molecule has 1 N–H and O–H groups in total. The molecule has 0 atom stereocenters. The number of benzene rings is 1. The van der Waals surface area contributed by atoms with Gasteiger partial charge < -0.3 is 10.1 Å². The number of ether oxygens (including phenoxy) is 1. The summed E-state index contributed by atoms with van der Waals surface area (Å²) in [6.45, 7) is 2.21. The Bertz CT molecular complexity index is 638. The smallest absolute Gasteiger partial charge is 0.311 e. The molecule has 20 heavy (non-hydrogen) atoms. The van der Waals surface area contributed by atoms with E-state index in [4.69, 9.17) is 4.74 Å². The SMILES string of the molecule is COc1ccc(CNc2nc(C)nn2C)cc1[N+](=O)[O-]. The first-order valence-electron chi connectivity index (χ1n) is 5.94. The van der Waals surface area contributed by atoms with Crippen molar-refractivity contribution in [1.82, 2.24) is 14.8 Å². The Hall–Kier alpha value is -2.64. The quantitative estimate of drug-likeness (QED) is 0.659. The van der Waals surface area contributed by atoms with Gasteiger partial charge in [-0.1, -0.05) is 6.07 Å². The summed E-state index contributed by atoms with van der Waals surface area (Å²) in [6.07, 6.45) is 0. The fourth-order valence-corrected chi connectivity index (χ4v) is 1.84. The van der Waals surface area contributed by atoms with Gasteiger partial charge in [-0.05, 0) is 18.6 Å². The first-order valence-corrected chi connectivity index (χ1v) is 5.94. The van der Waals surface area contributed by atoms with Crippen LogP contribution in [-0.4, -0.2) is 26.8 Å². The van der Waals surface area contributed by atoms with Gasteiger partial charge in [0.25, 0.3) is 0 Å². The van der Waals surface area contributed by atoms with E-state index in [0.717, 1.165) is 5.56 Å². The van der Waals surface area contributed by atoms with Gasteiger partial charge in [0.2, 0.25) is 5.95 Å². The van der Waals surface area contributed by atoms with Crippen molar-refractivity contribution >= 4 is 11.6 Å². The van der Waals surface area contributed by atoms with Gasteiger partial charge in [0.05, 0.1) is 12.0 Å².